The van der Waals surface area contributed by atoms with Crippen LogP contribution in [0.15, 0.2) is 43.1 Å². The number of amides is 1. The molecule has 0 radical (unpaired) electrons. The van der Waals surface area contributed by atoms with E-state index in [1.807, 2.05) is 36.5 Å². The molecule has 0 unspecified atom stereocenters. The zero-order valence-electron chi connectivity index (χ0n) is 14.0. The molecule has 0 saturated carbocycles. The summed E-state index contributed by atoms with van der Waals surface area (Å²) < 4.78 is 1.76. The molecule has 25 heavy (non-hydrogen) atoms. The SMILES string of the molecule is Cn1cc(-c2ncnc3c2CCN(C(=O)c2ccccn2)CC3)cn1. The minimum atomic E-state index is -0.0377. The zero-order chi connectivity index (χ0) is 17.2. The second-order valence-electron chi connectivity index (χ2n) is 6.06. The quantitative estimate of drug-likeness (QED) is 0.710. The summed E-state index contributed by atoms with van der Waals surface area (Å²) in [6, 6.07) is 5.39. The first-order valence-corrected chi connectivity index (χ1v) is 8.24. The molecule has 0 fully saturated rings. The molecule has 0 spiro atoms. The number of aryl methyl sites for hydroxylation is 1. The van der Waals surface area contributed by atoms with E-state index in [4.69, 9.17) is 0 Å². The van der Waals surface area contributed by atoms with Gasteiger partial charge in [0.05, 0.1) is 11.9 Å². The van der Waals surface area contributed by atoms with Gasteiger partial charge in [0.25, 0.3) is 5.91 Å². The van der Waals surface area contributed by atoms with E-state index in [1.165, 1.54) is 0 Å². The minimum Gasteiger partial charge on any atom is -0.337 e. The van der Waals surface area contributed by atoms with Crippen molar-refractivity contribution in [3.05, 3.63) is 60.1 Å². The normalized spacial score (nSPS) is 14.0. The summed E-state index contributed by atoms with van der Waals surface area (Å²) in [5, 5.41) is 4.23. The van der Waals surface area contributed by atoms with Crippen LogP contribution in [0.4, 0.5) is 0 Å². The maximum Gasteiger partial charge on any atom is 0.272 e. The number of hydrogen-bond acceptors (Lipinski definition) is 5. The highest BCUT2D eigenvalue weighted by molar-refractivity contribution is 5.92. The van der Waals surface area contributed by atoms with Gasteiger partial charge in [-0.25, -0.2) is 9.97 Å². The fourth-order valence-electron chi connectivity index (χ4n) is 3.17. The van der Waals surface area contributed by atoms with E-state index in [1.54, 1.807) is 23.3 Å². The molecule has 7 nitrogen and oxygen atoms in total. The summed E-state index contributed by atoms with van der Waals surface area (Å²) >= 11 is 0. The molecule has 1 aliphatic rings. The lowest BCUT2D eigenvalue weighted by molar-refractivity contribution is 0.0757. The number of aromatic nitrogens is 5. The largest absolute Gasteiger partial charge is 0.337 e. The van der Waals surface area contributed by atoms with Crippen LogP contribution in [0, 0.1) is 0 Å². The molecule has 126 valence electrons. The fraction of sp³-hybridized carbons (Fsp3) is 0.278. The van der Waals surface area contributed by atoms with Gasteiger partial charge in [0.1, 0.15) is 12.0 Å². The molecule has 1 amide bonds. The predicted molar refractivity (Wildman–Crippen MR) is 91.8 cm³/mol. The number of nitrogens with zero attached hydrogens (tertiary/aromatic N) is 6. The van der Waals surface area contributed by atoms with Crippen LogP contribution in [0.1, 0.15) is 21.7 Å². The van der Waals surface area contributed by atoms with Crippen molar-refractivity contribution in [2.24, 2.45) is 7.05 Å². The van der Waals surface area contributed by atoms with E-state index < -0.39 is 0 Å². The van der Waals surface area contributed by atoms with Gasteiger partial charge in [-0.05, 0) is 18.6 Å². The van der Waals surface area contributed by atoms with E-state index in [0.717, 1.165) is 28.9 Å². The highest BCUT2D eigenvalue weighted by Crippen LogP contribution is 2.25. The van der Waals surface area contributed by atoms with Crippen LogP contribution in [0.2, 0.25) is 0 Å². The summed E-state index contributed by atoms with van der Waals surface area (Å²) in [6.45, 7) is 1.26. The first-order chi connectivity index (χ1) is 12.2. The number of pyridine rings is 1. The third-order valence-electron chi connectivity index (χ3n) is 4.43. The van der Waals surface area contributed by atoms with Gasteiger partial charge in [-0.1, -0.05) is 6.07 Å². The van der Waals surface area contributed by atoms with Crippen molar-refractivity contribution < 1.29 is 4.79 Å². The molecular weight excluding hydrogens is 316 g/mol. The molecule has 3 aromatic rings. The van der Waals surface area contributed by atoms with Gasteiger partial charge in [0, 0.05) is 55.8 Å². The standard InChI is InChI=1S/C18H18N6O/c1-23-11-13(10-22-23)17-14-5-8-24(9-6-15(14)20-12-21-17)18(25)16-4-2-3-7-19-16/h2-4,7,10-12H,5-6,8-9H2,1H3. The summed E-state index contributed by atoms with van der Waals surface area (Å²) in [6.07, 6.45) is 8.43. The fourth-order valence-corrected chi connectivity index (χ4v) is 3.17. The van der Waals surface area contributed by atoms with Crippen molar-refractivity contribution in [1.82, 2.24) is 29.6 Å². The summed E-state index contributed by atoms with van der Waals surface area (Å²) in [5.41, 5.74) is 4.47. The topological polar surface area (TPSA) is 76.8 Å². The average molecular weight is 334 g/mol. The molecule has 0 saturated heterocycles. The Hall–Kier alpha value is -3.09. The molecule has 0 aliphatic carbocycles. The molecule has 0 bridgehead atoms. The first-order valence-electron chi connectivity index (χ1n) is 8.24. The van der Waals surface area contributed by atoms with Gasteiger partial charge < -0.3 is 4.90 Å². The van der Waals surface area contributed by atoms with Crippen LogP contribution in [-0.2, 0) is 19.9 Å². The average Bonchev–Trinajstić information content (AvgIpc) is 2.96. The van der Waals surface area contributed by atoms with Crippen molar-refractivity contribution in [3.63, 3.8) is 0 Å². The number of rotatable bonds is 2. The van der Waals surface area contributed by atoms with Crippen LogP contribution in [-0.4, -0.2) is 48.6 Å². The molecule has 4 heterocycles. The molecule has 4 rings (SSSR count). The highest BCUT2D eigenvalue weighted by atomic mass is 16.2. The van der Waals surface area contributed by atoms with E-state index in [2.05, 4.69) is 20.1 Å². The molecule has 7 heteroatoms. The van der Waals surface area contributed by atoms with Gasteiger partial charge in [-0.3, -0.25) is 14.5 Å². The number of hydrogen-bond donors (Lipinski definition) is 0. The monoisotopic (exact) mass is 334 g/mol. The second-order valence-corrected chi connectivity index (χ2v) is 6.06. The lowest BCUT2D eigenvalue weighted by atomic mass is 10.0. The predicted octanol–water partition coefficient (Wildman–Crippen LogP) is 1.51. The van der Waals surface area contributed by atoms with Crippen molar-refractivity contribution in [1.29, 1.82) is 0 Å². The van der Waals surface area contributed by atoms with E-state index in [-0.39, 0.29) is 5.91 Å². The Balaban J connectivity index is 1.61. The third-order valence-corrected chi connectivity index (χ3v) is 4.43. The van der Waals surface area contributed by atoms with Gasteiger partial charge in [0.2, 0.25) is 0 Å². The van der Waals surface area contributed by atoms with Crippen molar-refractivity contribution in [2.45, 2.75) is 12.8 Å². The summed E-state index contributed by atoms with van der Waals surface area (Å²) in [7, 11) is 1.89. The maximum absolute atomic E-state index is 12.7. The molecule has 3 aromatic heterocycles. The van der Waals surface area contributed by atoms with Gasteiger partial charge >= 0.3 is 0 Å². The Bertz CT molecular complexity index is 905. The van der Waals surface area contributed by atoms with Crippen molar-refractivity contribution in [2.75, 3.05) is 13.1 Å². The molecule has 1 aliphatic heterocycles. The van der Waals surface area contributed by atoms with Gasteiger partial charge in [-0.2, -0.15) is 5.10 Å². The number of carbonyl (C=O) groups excluding carboxylic acids is 1. The highest BCUT2D eigenvalue weighted by Gasteiger charge is 2.23. The van der Waals surface area contributed by atoms with E-state index in [9.17, 15) is 4.79 Å². The van der Waals surface area contributed by atoms with Crippen LogP contribution < -0.4 is 0 Å². The lowest BCUT2D eigenvalue weighted by Crippen LogP contribution is -2.33. The van der Waals surface area contributed by atoms with Crippen LogP contribution in [0.5, 0.6) is 0 Å². The van der Waals surface area contributed by atoms with E-state index >= 15 is 0 Å². The van der Waals surface area contributed by atoms with E-state index in [0.29, 0.717) is 25.2 Å². The van der Waals surface area contributed by atoms with Crippen LogP contribution >= 0.6 is 0 Å². The Morgan fingerprint density at radius 1 is 1.12 bits per heavy atom. The van der Waals surface area contributed by atoms with Crippen molar-refractivity contribution in [3.8, 4) is 11.3 Å². The van der Waals surface area contributed by atoms with Gasteiger partial charge in [-0.15, -0.1) is 0 Å². The Morgan fingerprint density at radius 3 is 2.76 bits per heavy atom. The summed E-state index contributed by atoms with van der Waals surface area (Å²) in [5.74, 6) is -0.0377. The summed E-state index contributed by atoms with van der Waals surface area (Å²) in [4.78, 5) is 27.6. The second kappa shape index (κ2) is 6.43. The zero-order valence-corrected chi connectivity index (χ0v) is 14.0. The third kappa shape index (κ3) is 3.00. The van der Waals surface area contributed by atoms with Crippen molar-refractivity contribution >= 4 is 5.91 Å². The lowest BCUT2D eigenvalue weighted by Gasteiger charge is -2.19. The minimum absolute atomic E-state index is 0.0377. The number of fused-ring (bicyclic) bond motifs is 1. The molecular formula is C18H18N6O. The maximum atomic E-state index is 12.7. The molecule has 0 atom stereocenters. The Morgan fingerprint density at radius 2 is 2.00 bits per heavy atom. The van der Waals surface area contributed by atoms with Gasteiger partial charge in [0.15, 0.2) is 0 Å². The smallest absolute Gasteiger partial charge is 0.272 e. The van der Waals surface area contributed by atoms with Crippen LogP contribution in [0.3, 0.4) is 0 Å². The van der Waals surface area contributed by atoms with Crippen LogP contribution in [0.25, 0.3) is 11.3 Å². The molecule has 0 aromatic carbocycles. The number of carbonyl (C=O) groups is 1. The Labute approximate surface area is 145 Å². The Kier molecular flexibility index (Phi) is 3.97. The molecule has 0 N–H and O–H groups in total. The first kappa shape index (κ1) is 15.4.